The van der Waals surface area contributed by atoms with Gasteiger partial charge in [-0.25, -0.2) is 0 Å². The van der Waals surface area contributed by atoms with Crippen molar-refractivity contribution in [2.45, 2.75) is 6.92 Å². The molecular weight excluding hydrogens is 145 g/mol. The van der Waals surface area contributed by atoms with Crippen molar-refractivity contribution in [1.29, 1.82) is 0 Å². The van der Waals surface area contributed by atoms with Gasteiger partial charge < -0.3 is 9.15 Å². The van der Waals surface area contributed by atoms with Crippen LogP contribution in [0.2, 0.25) is 0 Å². The van der Waals surface area contributed by atoms with Gasteiger partial charge in [-0.3, -0.25) is 4.79 Å². The van der Waals surface area contributed by atoms with E-state index in [9.17, 15) is 4.79 Å². The van der Waals surface area contributed by atoms with Gasteiger partial charge in [0.15, 0.2) is 0 Å². The summed E-state index contributed by atoms with van der Waals surface area (Å²) >= 11 is 0. The predicted molar refractivity (Wildman–Crippen MR) is 35.0 cm³/mol. The molecule has 10 heavy (non-hydrogen) atoms. The van der Waals surface area contributed by atoms with Crippen molar-refractivity contribution in [2.75, 3.05) is 0 Å². The van der Waals surface area contributed by atoms with Gasteiger partial charge in [-0.1, -0.05) is 0 Å². The van der Waals surface area contributed by atoms with E-state index in [1.165, 1.54) is 19.4 Å². The first-order chi connectivity index (χ1) is 4.29. The molecule has 5 heteroatoms. The molecule has 1 heterocycles. The van der Waals surface area contributed by atoms with Gasteiger partial charge in [0.2, 0.25) is 0 Å². The van der Waals surface area contributed by atoms with E-state index in [1.807, 2.05) is 0 Å². The summed E-state index contributed by atoms with van der Waals surface area (Å²) in [6.45, 7) is 1.28. The molecule has 0 saturated heterocycles. The van der Waals surface area contributed by atoms with Gasteiger partial charge in [0, 0.05) is 6.92 Å². The van der Waals surface area contributed by atoms with Crippen LogP contribution < -0.4 is 4.74 Å². The monoisotopic (exact) mass is 151 g/mol. The Labute approximate surface area is 79.9 Å². The van der Waals surface area contributed by atoms with Crippen LogP contribution in [0, 0.1) is 0 Å². The maximum atomic E-state index is 10.2. The van der Waals surface area contributed by atoms with Crippen molar-refractivity contribution in [2.24, 2.45) is 0 Å². The zero-order valence-electron chi connectivity index (χ0n) is 4.83. The zero-order chi connectivity index (χ0) is 6.69. The van der Waals surface area contributed by atoms with Crippen LogP contribution in [0.15, 0.2) is 16.9 Å². The average molecular weight is 151 g/mol. The van der Waals surface area contributed by atoms with E-state index in [-0.39, 0.29) is 35.6 Å². The molecule has 1 aromatic rings. The first-order valence-electron chi connectivity index (χ1n) is 2.37. The topological polar surface area (TPSA) is 52.3 Å². The molecule has 0 bridgehead atoms. The van der Waals surface area contributed by atoms with Crippen molar-refractivity contribution < 1.29 is 13.9 Å². The molecule has 1 rings (SSSR count). The Kier molecular flexibility index (Phi) is 4.34. The second kappa shape index (κ2) is 4.49. The van der Waals surface area contributed by atoms with E-state index < -0.39 is 5.97 Å². The van der Waals surface area contributed by atoms with Crippen LogP contribution in [0.4, 0.5) is 0 Å². The van der Waals surface area contributed by atoms with Gasteiger partial charge >= 0.3 is 41.6 Å². The van der Waals surface area contributed by atoms with Crippen LogP contribution in [-0.4, -0.2) is 40.5 Å². The number of carbonyl (C=O) groups is 1. The Balaban J connectivity index is 0.000000810. The number of rotatable bonds is 1. The second-order valence-electron chi connectivity index (χ2n) is 1.39. The molecule has 0 saturated carbocycles. The van der Waals surface area contributed by atoms with E-state index in [0.717, 1.165) is 0 Å². The van der Waals surface area contributed by atoms with Crippen molar-refractivity contribution in [3.8, 4) is 6.08 Å². The molecule has 4 nitrogen and oxygen atoms in total. The van der Waals surface area contributed by atoms with Gasteiger partial charge in [0.25, 0.3) is 0 Å². The molecule has 0 amide bonds. The Morgan fingerprint density at radius 3 is 2.90 bits per heavy atom. The fraction of sp³-hybridized carbons (Fsp3) is 0.200. The molecule has 1 aromatic heterocycles. The normalized spacial score (nSPS) is 8.10. The first kappa shape index (κ1) is 9.68. The van der Waals surface area contributed by atoms with Crippen molar-refractivity contribution >= 4 is 35.5 Å². The summed E-state index contributed by atoms with van der Waals surface area (Å²) in [7, 11) is 0. The third-order valence-electron chi connectivity index (χ3n) is 0.641. The van der Waals surface area contributed by atoms with Crippen LogP contribution in [0.25, 0.3) is 0 Å². The molecule has 0 aliphatic heterocycles. The number of oxazole rings is 1. The molecule has 0 fully saturated rings. The summed E-state index contributed by atoms with van der Waals surface area (Å²) in [4.78, 5) is 13.7. The van der Waals surface area contributed by atoms with Gasteiger partial charge in [0.1, 0.15) is 6.26 Å². The second-order valence-corrected chi connectivity index (χ2v) is 1.39. The van der Waals surface area contributed by atoms with E-state index in [4.69, 9.17) is 0 Å². The third kappa shape index (κ3) is 3.00. The molecule has 0 unspecified atom stereocenters. The first-order valence-corrected chi connectivity index (χ1v) is 2.37. The molecule has 0 aliphatic carbocycles. The van der Waals surface area contributed by atoms with Crippen LogP contribution in [-0.2, 0) is 4.79 Å². The Morgan fingerprint density at radius 1 is 1.80 bits per heavy atom. The fourth-order valence-corrected chi connectivity index (χ4v) is 0.384. The van der Waals surface area contributed by atoms with Crippen LogP contribution in [0.3, 0.4) is 0 Å². The minimum absolute atomic E-state index is 0. The van der Waals surface area contributed by atoms with Gasteiger partial charge in [-0.2, -0.15) is 4.98 Å². The molecule has 0 radical (unpaired) electrons. The number of carbonyl (C=O) groups excluding carboxylic acids is 1. The molecule has 50 valence electrons. The summed E-state index contributed by atoms with van der Waals surface area (Å²) < 4.78 is 9.03. The van der Waals surface area contributed by atoms with Crippen LogP contribution in [0.1, 0.15) is 6.92 Å². The summed E-state index contributed by atoms with van der Waals surface area (Å²) in [5.41, 5.74) is 0. The Hall–Kier alpha value is -0.320. The molecule has 0 spiro atoms. The predicted octanol–water partition coefficient (Wildman–Crippen LogP) is -0.0486. The van der Waals surface area contributed by atoms with E-state index >= 15 is 0 Å². The van der Waals surface area contributed by atoms with Gasteiger partial charge in [-0.05, 0) is 0 Å². The van der Waals surface area contributed by atoms with Crippen molar-refractivity contribution in [3.63, 3.8) is 0 Å². The number of esters is 1. The number of aromatic nitrogens is 1. The summed E-state index contributed by atoms with van der Waals surface area (Å²) in [5, 5.41) is 0. The van der Waals surface area contributed by atoms with Crippen molar-refractivity contribution in [3.05, 3.63) is 12.5 Å². The quantitative estimate of drug-likeness (QED) is 0.417. The van der Waals surface area contributed by atoms with E-state index in [1.54, 1.807) is 0 Å². The Morgan fingerprint density at radius 2 is 2.50 bits per heavy atom. The van der Waals surface area contributed by atoms with Crippen LogP contribution in [0.5, 0.6) is 6.08 Å². The SMILES string of the molecule is CC(=O)Oc1ncco1.[NaH]. The third-order valence-corrected chi connectivity index (χ3v) is 0.641. The number of ether oxygens (including phenoxy) is 1. The van der Waals surface area contributed by atoms with E-state index in [2.05, 4.69) is 14.1 Å². The molecule has 0 N–H and O–H groups in total. The summed E-state index contributed by atoms with van der Waals surface area (Å²) in [6.07, 6.45) is 2.72. The van der Waals surface area contributed by atoms with E-state index in [0.29, 0.717) is 0 Å². The zero-order valence-corrected chi connectivity index (χ0v) is 4.83. The standard InChI is InChI=1S/C5H5NO3.Na.H/c1-4(7)9-5-6-2-3-8-5;;/h2-3H,1H3;;. The average Bonchev–Trinajstić information content (AvgIpc) is 2.15. The van der Waals surface area contributed by atoms with Crippen molar-refractivity contribution in [1.82, 2.24) is 4.98 Å². The molecular formula is C5H6NNaO3. The summed E-state index contributed by atoms with van der Waals surface area (Å²) in [5.74, 6) is -0.433. The maximum absolute atomic E-state index is 10.2. The number of nitrogens with zero attached hydrogens (tertiary/aromatic N) is 1. The number of hydrogen-bond donors (Lipinski definition) is 0. The number of hydrogen-bond acceptors (Lipinski definition) is 4. The summed E-state index contributed by atoms with van der Waals surface area (Å²) in [6, 6.07) is 0. The van der Waals surface area contributed by atoms with Gasteiger partial charge in [0.05, 0.1) is 6.20 Å². The van der Waals surface area contributed by atoms with Gasteiger partial charge in [-0.15, -0.1) is 0 Å². The Bertz CT molecular complexity index is 197. The molecule has 0 aromatic carbocycles. The molecule has 0 atom stereocenters. The molecule has 0 aliphatic rings. The minimum atomic E-state index is -0.433. The fourth-order valence-electron chi connectivity index (χ4n) is 0.384. The van der Waals surface area contributed by atoms with Crippen LogP contribution >= 0.6 is 0 Å².